The van der Waals surface area contributed by atoms with E-state index in [4.69, 9.17) is 27.2 Å². The van der Waals surface area contributed by atoms with E-state index < -0.39 is 12.0 Å². The zero-order chi connectivity index (χ0) is 13.2. The number of benzene rings is 1. The number of hydrogen-bond donors (Lipinski definition) is 2. The first-order valence-corrected chi connectivity index (χ1v) is 5.62. The van der Waals surface area contributed by atoms with Gasteiger partial charge in [-0.3, -0.25) is 4.79 Å². The van der Waals surface area contributed by atoms with Crippen molar-refractivity contribution < 1.29 is 14.6 Å². The molecule has 1 unspecified atom stereocenters. The molecule has 1 rings (SSSR count). The first kappa shape index (κ1) is 13.8. The van der Waals surface area contributed by atoms with Crippen molar-refractivity contribution in [2.24, 2.45) is 5.73 Å². The molecular formula is C12H16ClNO3. The van der Waals surface area contributed by atoms with Crippen molar-refractivity contribution in [3.8, 4) is 5.75 Å². The summed E-state index contributed by atoms with van der Waals surface area (Å²) in [5.41, 5.74) is 6.90. The maximum absolute atomic E-state index is 10.8. The van der Waals surface area contributed by atoms with E-state index in [1.807, 2.05) is 13.8 Å². The summed E-state index contributed by atoms with van der Waals surface area (Å²) in [7, 11) is 1.53. The van der Waals surface area contributed by atoms with E-state index in [0.29, 0.717) is 16.3 Å². The number of ether oxygens (including phenoxy) is 1. The minimum Gasteiger partial charge on any atom is -0.495 e. The Kier molecular flexibility index (Phi) is 4.37. The second-order valence-corrected chi connectivity index (χ2v) is 4.50. The first-order valence-electron chi connectivity index (χ1n) is 5.24. The first-order chi connectivity index (χ1) is 7.88. The maximum Gasteiger partial charge on any atom is 0.325 e. The lowest BCUT2D eigenvalue weighted by Crippen LogP contribution is -2.21. The summed E-state index contributed by atoms with van der Waals surface area (Å²) in [6, 6.07) is 2.19. The Morgan fingerprint density at radius 2 is 2.06 bits per heavy atom. The largest absolute Gasteiger partial charge is 0.495 e. The molecule has 3 N–H and O–H groups in total. The van der Waals surface area contributed by atoms with E-state index >= 15 is 0 Å². The van der Waals surface area contributed by atoms with E-state index in [0.717, 1.165) is 5.56 Å². The van der Waals surface area contributed by atoms with Gasteiger partial charge in [0.05, 0.1) is 12.1 Å². The molecule has 0 radical (unpaired) electrons. The fraction of sp³-hybridized carbons (Fsp3) is 0.417. The van der Waals surface area contributed by atoms with Crippen LogP contribution in [0.2, 0.25) is 5.02 Å². The second kappa shape index (κ2) is 5.38. The minimum atomic E-state index is -1.08. The monoisotopic (exact) mass is 257 g/mol. The molecule has 0 heterocycles. The van der Waals surface area contributed by atoms with Crippen molar-refractivity contribution in [2.45, 2.75) is 25.8 Å². The molecule has 0 aliphatic rings. The third kappa shape index (κ3) is 2.90. The van der Waals surface area contributed by atoms with Crippen LogP contribution in [0.1, 0.15) is 36.9 Å². The number of aliphatic carboxylic acids is 1. The predicted octanol–water partition coefficient (Wildman–Crippen LogP) is 2.56. The van der Waals surface area contributed by atoms with Gasteiger partial charge in [0.25, 0.3) is 0 Å². The van der Waals surface area contributed by atoms with Crippen molar-refractivity contribution in [1.82, 2.24) is 0 Å². The van der Waals surface area contributed by atoms with Gasteiger partial charge in [-0.25, -0.2) is 0 Å². The van der Waals surface area contributed by atoms with Crippen LogP contribution < -0.4 is 10.5 Å². The highest BCUT2D eigenvalue weighted by molar-refractivity contribution is 6.32. The topological polar surface area (TPSA) is 72.5 Å². The number of hydrogen-bond acceptors (Lipinski definition) is 3. The van der Waals surface area contributed by atoms with Crippen LogP contribution in [0.3, 0.4) is 0 Å². The van der Waals surface area contributed by atoms with E-state index in [-0.39, 0.29) is 5.92 Å². The Balaban J connectivity index is 3.33. The second-order valence-electron chi connectivity index (χ2n) is 4.10. The number of carboxylic acids is 1. The van der Waals surface area contributed by atoms with E-state index in [9.17, 15) is 4.79 Å². The average Bonchev–Trinajstić information content (AvgIpc) is 2.26. The van der Waals surface area contributed by atoms with E-state index in [1.54, 1.807) is 6.07 Å². The zero-order valence-corrected chi connectivity index (χ0v) is 10.8. The fourth-order valence-corrected chi connectivity index (χ4v) is 1.92. The third-order valence-corrected chi connectivity index (χ3v) is 2.83. The molecular weight excluding hydrogens is 242 g/mol. The summed E-state index contributed by atoms with van der Waals surface area (Å²) in [5, 5.41) is 9.26. The van der Waals surface area contributed by atoms with Gasteiger partial charge in [0.15, 0.2) is 0 Å². The summed E-state index contributed by atoms with van der Waals surface area (Å²) in [4.78, 5) is 10.8. The van der Waals surface area contributed by atoms with Crippen LogP contribution in [0.25, 0.3) is 0 Å². The Labute approximate surface area is 105 Å². The third-order valence-electron chi connectivity index (χ3n) is 2.55. The number of carbonyl (C=O) groups is 1. The van der Waals surface area contributed by atoms with Gasteiger partial charge in [-0.15, -0.1) is 0 Å². The Morgan fingerprint density at radius 3 is 2.47 bits per heavy atom. The van der Waals surface area contributed by atoms with Crippen LogP contribution >= 0.6 is 11.6 Å². The normalized spacial score (nSPS) is 12.6. The van der Waals surface area contributed by atoms with Crippen molar-refractivity contribution >= 4 is 17.6 Å². The SMILES string of the molecule is COc1c(Cl)cc(C(N)C(=O)O)cc1C(C)C. The fourth-order valence-electron chi connectivity index (χ4n) is 1.60. The molecule has 0 spiro atoms. The van der Waals surface area contributed by atoms with Crippen molar-refractivity contribution in [2.75, 3.05) is 7.11 Å². The molecule has 0 aliphatic carbocycles. The Hall–Kier alpha value is -1.26. The Morgan fingerprint density at radius 1 is 1.47 bits per heavy atom. The van der Waals surface area contributed by atoms with Gasteiger partial charge in [-0.2, -0.15) is 0 Å². The summed E-state index contributed by atoms with van der Waals surface area (Å²) in [5.74, 6) is -0.340. The predicted molar refractivity (Wildman–Crippen MR) is 66.7 cm³/mol. The molecule has 1 aromatic rings. The highest BCUT2D eigenvalue weighted by atomic mass is 35.5. The van der Waals surface area contributed by atoms with Gasteiger partial charge >= 0.3 is 5.97 Å². The maximum atomic E-state index is 10.8. The number of nitrogens with two attached hydrogens (primary N) is 1. The van der Waals surface area contributed by atoms with Crippen molar-refractivity contribution in [1.29, 1.82) is 0 Å². The molecule has 0 fully saturated rings. The van der Waals surface area contributed by atoms with Gasteiger partial charge in [-0.1, -0.05) is 25.4 Å². The lowest BCUT2D eigenvalue weighted by atomic mass is 9.97. The standard InChI is InChI=1S/C12H16ClNO3/c1-6(2)8-4-7(10(14)12(15)16)5-9(13)11(8)17-3/h4-6,10H,14H2,1-3H3,(H,15,16). The highest BCUT2D eigenvalue weighted by Crippen LogP contribution is 2.36. The summed E-state index contributed by atoms with van der Waals surface area (Å²) < 4.78 is 5.21. The minimum absolute atomic E-state index is 0.170. The van der Waals surface area contributed by atoms with Crippen LogP contribution in [0.15, 0.2) is 12.1 Å². The lowest BCUT2D eigenvalue weighted by molar-refractivity contribution is -0.138. The van der Waals surface area contributed by atoms with Gasteiger partial charge in [0.1, 0.15) is 11.8 Å². The molecule has 0 aromatic heterocycles. The molecule has 0 saturated carbocycles. The summed E-state index contributed by atoms with van der Waals surface area (Å²) >= 11 is 6.05. The molecule has 0 saturated heterocycles. The molecule has 4 nitrogen and oxygen atoms in total. The van der Waals surface area contributed by atoms with Crippen LogP contribution in [0.4, 0.5) is 0 Å². The molecule has 17 heavy (non-hydrogen) atoms. The number of methoxy groups -OCH3 is 1. The summed E-state index contributed by atoms with van der Waals surface area (Å²) in [6.07, 6.45) is 0. The Bertz CT molecular complexity index is 432. The van der Waals surface area contributed by atoms with Gasteiger partial charge in [0, 0.05) is 0 Å². The van der Waals surface area contributed by atoms with Crippen molar-refractivity contribution in [3.05, 3.63) is 28.3 Å². The quantitative estimate of drug-likeness (QED) is 0.870. The molecule has 0 aliphatic heterocycles. The van der Waals surface area contributed by atoms with Crippen LogP contribution in [-0.2, 0) is 4.79 Å². The van der Waals surface area contributed by atoms with Crippen LogP contribution in [-0.4, -0.2) is 18.2 Å². The van der Waals surface area contributed by atoms with Crippen molar-refractivity contribution in [3.63, 3.8) is 0 Å². The molecule has 5 heteroatoms. The van der Waals surface area contributed by atoms with E-state index in [2.05, 4.69) is 0 Å². The molecule has 94 valence electrons. The van der Waals surface area contributed by atoms with Gasteiger partial charge in [-0.05, 0) is 29.2 Å². The molecule has 1 atom stereocenters. The van der Waals surface area contributed by atoms with Gasteiger partial charge in [0.2, 0.25) is 0 Å². The smallest absolute Gasteiger partial charge is 0.325 e. The van der Waals surface area contributed by atoms with Crippen LogP contribution in [0, 0.1) is 0 Å². The van der Waals surface area contributed by atoms with Gasteiger partial charge < -0.3 is 15.6 Å². The summed E-state index contributed by atoms with van der Waals surface area (Å²) in [6.45, 7) is 3.95. The van der Waals surface area contributed by atoms with E-state index in [1.165, 1.54) is 13.2 Å². The van der Waals surface area contributed by atoms with Crippen LogP contribution in [0.5, 0.6) is 5.75 Å². The lowest BCUT2D eigenvalue weighted by Gasteiger charge is -2.17. The number of rotatable bonds is 4. The number of halogens is 1. The molecule has 0 amide bonds. The highest BCUT2D eigenvalue weighted by Gasteiger charge is 2.19. The average molecular weight is 258 g/mol. The molecule has 0 bridgehead atoms. The molecule has 1 aromatic carbocycles. The number of carboxylic acid groups (broad SMARTS) is 1. The zero-order valence-electron chi connectivity index (χ0n) is 10.0.